The SMILES string of the molecule is O=C(Nc1nc(-c2cc(Cl)sc2Cl)cs1)c1cccc2c1OCO2. The number of para-hydroxylation sites is 1. The van der Waals surface area contributed by atoms with Gasteiger partial charge in [-0.15, -0.1) is 22.7 Å². The van der Waals surface area contributed by atoms with Gasteiger partial charge in [0.1, 0.15) is 4.34 Å². The van der Waals surface area contributed by atoms with Crippen LogP contribution in [0.5, 0.6) is 11.5 Å². The number of nitrogens with zero attached hydrogens (tertiary/aromatic N) is 1. The average molecular weight is 399 g/mol. The van der Waals surface area contributed by atoms with E-state index in [0.29, 0.717) is 36.6 Å². The van der Waals surface area contributed by atoms with E-state index in [2.05, 4.69) is 10.3 Å². The monoisotopic (exact) mass is 398 g/mol. The fourth-order valence-electron chi connectivity index (χ4n) is 2.24. The van der Waals surface area contributed by atoms with Crippen molar-refractivity contribution in [1.82, 2.24) is 4.98 Å². The number of benzene rings is 1. The summed E-state index contributed by atoms with van der Waals surface area (Å²) in [5, 5.41) is 5.04. The van der Waals surface area contributed by atoms with Gasteiger partial charge in [0.25, 0.3) is 5.91 Å². The summed E-state index contributed by atoms with van der Waals surface area (Å²) in [7, 11) is 0. The van der Waals surface area contributed by atoms with Crippen LogP contribution in [0.1, 0.15) is 10.4 Å². The van der Waals surface area contributed by atoms with Crippen molar-refractivity contribution in [2.45, 2.75) is 0 Å². The van der Waals surface area contributed by atoms with Crippen LogP contribution in [0.25, 0.3) is 11.3 Å². The Morgan fingerprint density at radius 3 is 2.96 bits per heavy atom. The summed E-state index contributed by atoms with van der Waals surface area (Å²) >= 11 is 14.7. The van der Waals surface area contributed by atoms with Crippen LogP contribution in [0.4, 0.5) is 5.13 Å². The van der Waals surface area contributed by atoms with E-state index >= 15 is 0 Å². The van der Waals surface area contributed by atoms with Gasteiger partial charge in [-0.1, -0.05) is 29.3 Å². The molecule has 24 heavy (non-hydrogen) atoms. The van der Waals surface area contributed by atoms with Gasteiger partial charge in [0, 0.05) is 10.9 Å². The van der Waals surface area contributed by atoms with Crippen LogP contribution in [0.2, 0.25) is 8.67 Å². The van der Waals surface area contributed by atoms with Crippen molar-refractivity contribution in [3.63, 3.8) is 0 Å². The summed E-state index contributed by atoms with van der Waals surface area (Å²) in [5.74, 6) is 0.689. The highest BCUT2D eigenvalue weighted by Gasteiger charge is 2.22. The highest BCUT2D eigenvalue weighted by Crippen LogP contribution is 2.39. The standard InChI is InChI=1S/C15H8Cl2N2O3S2/c16-11-4-8(13(17)24-11)9-5-23-15(18-9)19-14(20)7-2-1-3-10-12(7)22-6-21-10/h1-5H,6H2,(H,18,19,20). The van der Waals surface area contributed by atoms with Crippen LogP contribution in [-0.2, 0) is 0 Å². The van der Waals surface area contributed by atoms with Crippen LogP contribution in [0, 0.1) is 0 Å². The number of anilines is 1. The molecule has 3 heterocycles. The van der Waals surface area contributed by atoms with E-state index in [1.165, 1.54) is 22.7 Å². The maximum absolute atomic E-state index is 12.5. The van der Waals surface area contributed by atoms with Gasteiger partial charge in [-0.25, -0.2) is 4.98 Å². The number of nitrogens with one attached hydrogen (secondary N) is 1. The quantitative estimate of drug-likeness (QED) is 0.661. The smallest absolute Gasteiger partial charge is 0.261 e. The zero-order valence-electron chi connectivity index (χ0n) is 11.8. The van der Waals surface area contributed by atoms with Crippen LogP contribution < -0.4 is 14.8 Å². The molecule has 1 aromatic carbocycles. The molecule has 5 nitrogen and oxygen atoms in total. The summed E-state index contributed by atoms with van der Waals surface area (Å²) in [6, 6.07) is 6.92. The van der Waals surface area contributed by atoms with Crippen molar-refractivity contribution < 1.29 is 14.3 Å². The van der Waals surface area contributed by atoms with Crippen LogP contribution in [-0.4, -0.2) is 17.7 Å². The molecule has 4 rings (SSSR count). The maximum atomic E-state index is 12.5. The molecule has 2 aromatic heterocycles. The van der Waals surface area contributed by atoms with Crippen molar-refractivity contribution >= 4 is 56.9 Å². The van der Waals surface area contributed by atoms with Gasteiger partial charge in [0.2, 0.25) is 6.79 Å². The van der Waals surface area contributed by atoms with Gasteiger partial charge in [0.05, 0.1) is 15.6 Å². The lowest BCUT2D eigenvalue weighted by atomic mass is 10.2. The van der Waals surface area contributed by atoms with E-state index in [4.69, 9.17) is 32.7 Å². The number of thiophene rings is 1. The molecule has 0 saturated carbocycles. The second-order valence-electron chi connectivity index (χ2n) is 4.77. The molecule has 0 bridgehead atoms. The van der Waals surface area contributed by atoms with Crippen LogP contribution >= 0.6 is 45.9 Å². The highest BCUT2D eigenvalue weighted by molar-refractivity contribution is 7.20. The summed E-state index contributed by atoms with van der Waals surface area (Å²) in [4.78, 5) is 16.9. The molecule has 9 heteroatoms. The lowest BCUT2D eigenvalue weighted by molar-refractivity contribution is 0.102. The van der Waals surface area contributed by atoms with Gasteiger partial charge in [-0.2, -0.15) is 0 Å². The average Bonchev–Trinajstić information content (AvgIpc) is 3.26. The Morgan fingerprint density at radius 1 is 1.29 bits per heavy atom. The lowest BCUT2D eigenvalue weighted by Gasteiger charge is -2.05. The molecule has 122 valence electrons. The van der Waals surface area contributed by atoms with Gasteiger partial charge < -0.3 is 9.47 Å². The number of halogens is 2. The number of hydrogen-bond donors (Lipinski definition) is 1. The predicted octanol–water partition coefficient (Wildman–Crippen LogP) is 5.16. The molecule has 0 aliphatic carbocycles. The van der Waals surface area contributed by atoms with Crippen molar-refractivity contribution in [2.24, 2.45) is 0 Å². The first-order valence-electron chi connectivity index (χ1n) is 6.72. The Labute approximate surface area is 154 Å². The van der Waals surface area contributed by atoms with Crippen molar-refractivity contribution in [1.29, 1.82) is 0 Å². The number of amides is 1. The van der Waals surface area contributed by atoms with E-state index in [1.807, 2.05) is 5.38 Å². The Morgan fingerprint density at radius 2 is 2.17 bits per heavy atom. The first-order valence-corrected chi connectivity index (χ1v) is 9.18. The number of thiazole rings is 1. The zero-order chi connectivity index (χ0) is 16.7. The van der Waals surface area contributed by atoms with Crippen molar-refractivity contribution in [3.05, 3.63) is 43.9 Å². The molecule has 0 unspecified atom stereocenters. The Kier molecular flexibility index (Phi) is 4.09. The topological polar surface area (TPSA) is 60.5 Å². The van der Waals surface area contributed by atoms with E-state index in [9.17, 15) is 4.79 Å². The molecule has 1 aliphatic rings. The third-order valence-corrected chi connectivity index (χ3v) is 5.54. The van der Waals surface area contributed by atoms with Crippen molar-refractivity contribution in [3.8, 4) is 22.8 Å². The predicted molar refractivity (Wildman–Crippen MR) is 96.0 cm³/mol. The second-order valence-corrected chi connectivity index (χ2v) is 7.91. The summed E-state index contributed by atoms with van der Waals surface area (Å²) in [5.41, 5.74) is 1.82. The van der Waals surface area contributed by atoms with Gasteiger partial charge in [-0.3, -0.25) is 10.1 Å². The summed E-state index contributed by atoms with van der Waals surface area (Å²) in [6.45, 7) is 0.110. The number of rotatable bonds is 3. The largest absolute Gasteiger partial charge is 0.454 e. The summed E-state index contributed by atoms with van der Waals surface area (Å²) in [6.07, 6.45) is 0. The molecule has 1 N–H and O–H groups in total. The zero-order valence-corrected chi connectivity index (χ0v) is 15.0. The van der Waals surface area contributed by atoms with Crippen LogP contribution in [0.3, 0.4) is 0 Å². The number of fused-ring (bicyclic) bond motifs is 1. The van der Waals surface area contributed by atoms with E-state index in [1.54, 1.807) is 24.3 Å². The lowest BCUT2D eigenvalue weighted by Crippen LogP contribution is -2.12. The molecular formula is C15H8Cl2N2O3S2. The summed E-state index contributed by atoms with van der Waals surface area (Å²) < 4.78 is 11.8. The number of hydrogen-bond acceptors (Lipinski definition) is 6. The molecule has 0 spiro atoms. The van der Waals surface area contributed by atoms with Crippen LogP contribution in [0.15, 0.2) is 29.6 Å². The third-order valence-electron chi connectivity index (χ3n) is 3.30. The molecular weight excluding hydrogens is 391 g/mol. The number of ether oxygens (including phenoxy) is 2. The van der Waals surface area contributed by atoms with Gasteiger partial charge in [0.15, 0.2) is 16.6 Å². The fourth-order valence-corrected chi connectivity index (χ4v) is 4.43. The Balaban J connectivity index is 1.57. The highest BCUT2D eigenvalue weighted by atomic mass is 35.5. The minimum atomic E-state index is -0.312. The molecule has 1 aliphatic heterocycles. The molecule has 0 radical (unpaired) electrons. The second kappa shape index (κ2) is 6.25. The molecule has 0 fully saturated rings. The fraction of sp³-hybridized carbons (Fsp3) is 0.0667. The minimum Gasteiger partial charge on any atom is -0.454 e. The number of carbonyl (C=O) groups is 1. The van der Waals surface area contributed by atoms with Crippen molar-refractivity contribution in [2.75, 3.05) is 12.1 Å². The van der Waals surface area contributed by atoms with E-state index in [0.717, 1.165) is 5.56 Å². The van der Waals surface area contributed by atoms with E-state index in [-0.39, 0.29) is 12.7 Å². The normalized spacial score (nSPS) is 12.4. The molecule has 0 saturated heterocycles. The molecule has 1 amide bonds. The number of carbonyl (C=O) groups excluding carboxylic acids is 1. The number of aromatic nitrogens is 1. The Bertz CT molecular complexity index is 939. The van der Waals surface area contributed by atoms with E-state index < -0.39 is 0 Å². The minimum absolute atomic E-state index is 0.110. The molecule has 0 atom stereocenters. The first kappa shape index (κ1) is 15.7. The first-order chi connectivity index (χ1) is 11.6. The van der Waals surface area contributed by atoms with Gasteiger partial charge in [-0.05, 0) is 18.2 Å². The third kappa shape index (κ3) is 2.84. The molecule has 3 aromatic rings. The van der Waals surface area contributed by atoms with Gasteiger partial charge >= 0.3 is 0 Å². The Hall–Kier alpha value is -1.80. The maximum Gasteiger partial charge on any atom is 0.261 e.